The maximum atomic E-state index is 13.1. The quantitative estimate of drug-likeness (QED) is 0.619. The Morgan fingerprint density at radius 2 is 1.89 bits per heavy atom. The van der Waals surface area contributed by atoms with Gasteiger partial charge in [-0.1, -0.05) is 60.6 Å². The number of aryl methyl sites for hydroxylation is 1. The van der Waals surface area contributed by atoms with Crippen LogP contribution in [-0.2, 0) is 11.3 Å². The van der Waals surface area contributed by atoms with Crippen molar-refractivity contribution in [3.05, 3.63) is 70.0 Å². The van der Waals surface area contributed by atoms with Crippen molar-refractivity contribution in [2.75, 3.05) is 5.75 Å². The van der Waals surface area contributed by atoms with Crippen LogP contribution in [0.1, 0.15) is 31.4 Å². The minimum absolute atomic E-state index is 0.0845. The summed E-state index contributed by atoms with van der Waals surface area (Å²) in [5, 5.41) is 3.27. The maximum Gasteiger partial charge on any atom is 0.283 e. The third-order valence-electron chi connectivity index (χ3n) is 4.64. The Kier molecular flexibility index (Phi) is 6.52. The van der Waals surface area contributed by atoms with Crippen molar-refractivity contribution >= 4 is 28.7 Å². The topological polar surface area (TPSA) is 64.0 Å². The largest absolute Gasteiger partial charge is 0.353 e. The number of para-hydroxylation sites is 2. The summed E-state index contributed by atoms with van der Waals surface area (Å²) in [7, 11) is 0. The van der Waals surface area contributed by atoms with Gasteiger partial charge in [-0.15, -0.1) is 0 Å². The van der Waals surface area contributed by atoms with Crippen molar-refractivity contribution in [2.45, 2.75) is 44.8 Å². The van der Waals surface area contributed by atoms with Crippen molar-refractivity contribution in [3.63, 3.8) is 0 Å². The molecule has 1 amide bonds. The molecule has 0 aliphatic carbocycles. The van der Waals surface area contributed by atoms with Gasteiger partial charge in [-0.25, -0.2) is 4.98 Å². The van der Waals surface area contributed by atoms with Crippen LogP contribution in [0.4, 0.5) is 0 Å². The van der Waals surface area contributed by atoms with Gasteiger partial charge >= 0.3 is 0 Å². The molecule has 28 heavy (non-hydrogen) atoms. The van der Waals surface area contributed by atoms with E-state index in [0.717, 1.165) is 23.0 Å². The molecule has 146 valence electrons. The number of hydrogen-bond donors (Lipinski definition) is 1. The predicted octanol–water partition coefficient (Wildman–Crippen LogP) is 3.76. The number of carbonyl (C=O) groups is 1. The Labute approximate surface area is 169 Å². The van der Waals surface area contributed by atoms with Crippen LogP contribution in [0.3, 0.4) is 0 Å². The van der Waals surface area contributed by atoms with Gasteiger partial charge in [0.1, 0.15) is 0 Å². The zero-order valence-electron chi connectivity index (χ0n) is 16.4. The van der Waals surface area contributed by atoms with Gasteiger partial charge in [0.25, 0.3) is 5.56 Å². The number of rotatable bonds is 7. The van der Waals surface area contributed by atoms with E-state index < -0.39 is 0 Å². The number of nitrogens with zero attached hydrogens (tertiary/aromatic N) is 2. The van der Waals surface area contributed by atoms with Gasteiger partial charge in [-0.2, -0.15) is 0 Å². The van der Waals surface area contributed by atoms with Crippen LogP contribution in [0.25, 0.3) is 11.0 Å². The Morgan fingerprint density at radius 3 is 2.61 bits per heavy atom. The summed E-state index contributed by atoms with van der Waals surface area (Å²) in [5.74, 6) is 0.0916. The van der Waals surface area contributed by atoms with Crippen molar-refractivity contribution in [2.24, 2.45) is 0 Å². The van der Waals surface area contributed by atoms with E-state index in [4.69, 9.17) is 0 Å². The van der Waals surface area contributed by atoms with Crippen LogP contribution >= 0.6 is 11.8 Å². The number of fused-ring (bicyclic) bond motifs is 1. The molecule has 0 unspecified atom stereocenters. The van der Waals surface area contributed by atoms with Crippen LogP contribution in [0.2, 0.25) is 0 Å². The minimum atomic E-state index is -0.166. The summed E-state index contributed by atoms with van der Waals surface area (Å²) in [5.41, 5.74) is 3.61. The molecule has 0 aliphatic rings. The van der Waals surface area contributed by atoms with E-state index in [2.05, 4.69) is 10.3 Å². The second-order valence-corrected chi connectivity index (χ2v) is 7.91. The van der Waals surface area contributed by atoms with Gasteiger partial charge in [-0.05, 0) is 38.0 Å². The predicted molar refractivity (Wildman–Crippen MR) is 115 cm³/mol. The second kappa shape index (κ2) is 9.06. The molecule has 1 heterocycles. The van der Waals surface area contributed by atoms with Gasteiger partial charge in [0, 0.05) is 6.04 Å². The molecular formula is C22H25N3O2S. The van der Waals surface area contributed by atoms with Crippen molar-refractivity contribution in [1.29, 1.82) is 0 Å². The van der Waals surface area contributed by atoms with Gasteiger partial charge in [0.05, 0.1) is 23.3 Å². The fourth-order valence-electron chi connectivity index (χ4n) is 2.85. The number of nitrogens with one attached hydrogen (secondary N) is 1. The van der Waals surface area contributed by atoms with Crippen LogP contribution in [0.5, 0.6) is 0 Å². The summed E-state index contributed by atoms with van der Waals surface area (Å²) in [6, 6.07) is 15.9. The number of amides is 1. The Hall–Kier alpha value is -2.60. The molecule has 0 saturated carbocycles. The molecule has 1 atom stereocenters. The summed E-state index contributed by atoms with van der Waals surface area (Å²) < 4.78 is 1.74. The van der Waals surface area contributed by atoms with Crippen molar-refractivity contribution in [3.8, 4) is 0 Å². The lowest BCUT2D eigenvalue weighted by Crippen LogP contribution is -2.33. The van der Waals surface area contributed by atoms with Gasteiger partial charge in [0.15, 0.2) is 5.03 Å². The highest BCUT2D eigenvalue weighted by atomic mass is 32.2. The third-order valence-corrected chi connectivity index (χ3v) is 5.59. The molecule has 0 aliphatic heterocycles. The van der Waals surface area contributed by atoms with E-state index in [9.17, 15) is 9.59 Å². The monoisotopic (exact) mass is 395 g/mol. The van der Waals surface area contributed by atoms with E-state index in [-0.39, 0.29) is 23.3 Å². The highest BCUT2D eigenvalue weighted by molar-refractivity contribution is 7.99. The fourth-order valence-corrected chi connectivity index (χ4v) is 3.60. The highest BCUT2D eigenvalue weighted by Crippen LogP contribution is 2.18. The fraction of sp³-hybridized carbons (Fsp3) is 0.318. The van der Waals surface area contributed by atoms with Crippen molar-refractivity contribution < 1.29 is 4.79 Å². The molecule has 3 aromatic rings. The Morgan fingerprint density at radius 1 is 1.18 bits per heavy atom. The maximum absolute atomic E-state index is 13.1. The lowest BCUT2D eigenvalue weighted by Gasteiger charge is -2.13. The number of hydrogen-bond acceptors (Lipinski definition) is 4. The molecular weight excluding hydrogens is 370 g/mol. The molecule has 0 fully saturated rings. The zero-order valence-corrected chi connectivity index (χ0v) is 17.3. The molecule has 5 nitrogen and oxygen atoms in total. The first-order valence-corrected chi connectivity index (χ1v) is 10.4. The number of aromatic nitrogens is 2. The van der Waals surface area contributed by atoms with Gasteiger partial charge in [-0.3, -0.25) is 14.2 Å². The number of benzene rings is 2. The first kappa shape index (κ1) is 20.1. The second-order valence-electron chi connectivity index (χ2n) is 6.95. The Bertz CT molecular complexity index is 1030. The molecule has 0 saturated heterocycles. The molecule has 0 bridgehead atoms. The van der Waals surface area contributed by atoms with Crippen LogP contribution in [0, 0.1) is 6.92 Å². The number of carbonyl (C=O) groups excluding carboxylic acids is 1. The summed E-state index contributed by atoms with van der Waals surface area (Å²) >= 11 is 1.19. The normalized spacial score (nSPS) is 12.1. The molecule has 0 radical (unpaired) electrons. The average Bonchev–Trinajstić information content (AvgIpc) is 2.70. The van der Waals surface area contributed by atoms with E-state index in [1.165, 1.54) is 17.3 Å². The molecule has 3 rings (SSSR count). The molecule has 6 heteroatoms. The molecule has 2 aromatic carbocycles. The molecule has 1 aromatic heterocycles. The highest BCUT2D eigenvalue weighted by Gasteiger charge is 2.14. The summed E-state index contributed by atoms with van der Waals surface area (Å²) in [6.07, 6.45) is 0.869. The van der Waals surface area contributed by atoms with E-state index in [1.807, 2.05) is 69.3 Å². The standard InChI is InChI=1S/C22H25N3O2S/c1-4-16(3)23-20(26)14-28-21-22(27)25(13-17-11-9-15(2)10-12-17)19-8-6-5-7-18(19)24-21/h5-12,16H,4,13-14H2,1-3H3,(H,23,26)/t16-/m1/s1. The van der Waals surface area contributed by atoms with Crippen LogP contribution < -0.4 is 10.9 Å². The molecule has 0 spiro atoms. The first-order valence-electron chi connectivity index (χ1n) is 9.45. The average molecular weight is 396 g/mol. The van der Waals surface area contributed by atoms with E-state index in [0.29, 0.717) is 11.6 Å². The van der Waals surface area contributed by atoms with Gasteiger partial charge in [0.2, 0.25) is 5.91 Å². The Balaban J connectivity index is 1.91. The van der Waals surface area contributed by atoms with Gasteiger partial charge < -0.3 is 5.32 Å². The van der Waals surface area contributed by atoms with Crippen molar-refractivity contribution in [1.82, 2.24) is 14.9 Å². The van der Waals surface area contributed by atoms with E-state index in [1.54, 1.807) is 4.57 Å². The van der Waals surface area contributed by atoms with Crippen LogP contribution in [0.15, 0.2) is 58.4 Å². The third kappa shape index (κ3) is 4.81. The molecule has 1 N–H and O–H groups in total. The first-order chi connectivity index (χ1) is 13.5. The van der Waals surface area contributed by atoms with E-state index >= 15 is 0 Å². The van der Waals surface area contributed by atoms with Crippen LogP contribution in [-0.4, -0.2) is 27.3 Å². The minimum Gasteiger partial charge on any atom is -0.353 e. The smallest absolute Gasteiger partial charge is 0.283 e. The lowest BCUT2D eigenvalue weighted by molar-refractivity contribution is -0.119. The number of thioether (sulfide) groups is 1. The SMILES string of the molecule is CC[C@@H](C)NC(=O)CSc1nc2ccccc2n(Cc2ccc(C)cc2)c1=O. The lowest BCUT2D eigenvalue weighted by atomic mass is 10.1. The summed E-state index contributed by atoms with van der Waals surface area (Å²) in [4.78, 5) is 29.7. The summed E-state index contributed by atoms with van der Waals surface area (Å²) in [6.45, 7) is 6.49. The zero-order chi connectivity index (χ0) is 20.1.